The van der Waals surface area contributed by atoms with Crippen molar-refractivity contribution in [2.24, 2.45) is 0 Å². The van der Waals surface area contributed by atoms with Gasteiger partial charge in [-0.1, -0.05) is 18.2 Å². The van der Waals surface area contributed by atoms with Crippen molar-refractivity contribution in [2.45, 2.75) is 26.2 Å². The first-order chi connectivity index (χ1) is 14.0. The smallest absolute Gasteiger partial charge is 0.349 e. The van der Waals surface area contributed by atoms with Gasteiger partial charge in [0.15, 0.2) is 0 Å². The molecule has 2 amide bonds. The highest BCUT2D eigenvalue weighted by Crippen LogP contribution is 2.20. The predicted molar refractivity (Wildman–Crippen MR) is 109 cm³/mol. The van der Waals surface area contributed by atoms with E-state index in [2.05, 4.69) is 16.4 Å². The molecule has 1 fully saturated rings. The summed E-state index contributed by atoms with van der Waals surface area (Å²) in [7, 11) is 0. The standard InChI is InChI=1S/C22H23N3O4/c1-14-12-16(7-6-15-13-24-18-5-3-2-4-17(15)18)29-22(28)20(14)21(27)25-10-8-19(26)23-9-11-25/h2-5,12-13,24H,6-11H2,1H3,(H,23,26). The number of hydrogen-bond donors (Lipinski definition) is 2. The summed E-state index contributed by atoms with van der Waals surface area (Å²) in [6.07, 6.45) is 3.50. The highest BCUT2D eigenvalue weighted by atomic mass is 16.4. The number of carbonyl (C=O) groups is 2. The lowest BCUT2D eigenvalue weighted by Crippen LogP contribution is -2.37. The van der Waals surface area contributed by atoms with Crippen LogP contribution >= 0.6 is 0 Å². The maximum absolute atomic E-state index is 12.8. The van der Waals surface area contributed by atoms with Gasteiger partial charge in [0.05, 0.1) is 0 Å². The Bertz CT molecular complexity index is 1130. The normalized spacial score (nSPS) is 14.7. The van der Waals surface area contributed by atoms with Crippen LogP contribution in [0.1, 0.15) is 33.7 Å². The zero-order valence-corrected chi connectivity index (χ0v) is 16.3. The van der Waals surface area contributed by atoms with Crippen LogP contribution in [0.4, 0.5) is 0 Å². The van der Waals surface area contributed by atoms with Gasteiger partial charge < -0.3 is 19.6 Å². The number of benzene rings is 1. The van der Waals surface area contributed by atoms with Gasteiger partial charge in [-0.25, -0.2) is 4.79 Å². The van der Waals surface area contributed by atoms with Crippen LogP contribution in [0, 0.1) is 6.92 Å². The average molecular weight is 393 g/mol. The Morgan fingerprint density at radius 3 is 2.83 bits per heavy atom. The van der Waals surface area contributed by atoms with Gasteiger partial charge in [-0.05, 0) is 36.6 Å². The molecule has 29 heavy (non-hydrogen) atoms. The number of rotatable bonds is 4. The van der Waals surface area contributed by atoms with Crippen LogP contribution in [-0.4, -0.2) is 41.3 Å². The molecule has 0 saturated carbocycles. The monoisotopic (exact) mass is 393 g/mol. The van der Waals surface area contributed by atoms with E-state index in [1.165, 1.54) is 4.90 Å². The first kappa shape index (κ1) is 19.0. The van der Waals surface area contributed by atoms with Crippen molar-refractivity contribution in [3.63, 3.8) is 0 Å². The summed E-state index contributed by atoms with van der Waals surface area (Å²) in [5.41, 5.74) is 2.26. The Kier molecular flexibility index (Phi) is 5.20. The number of aromatic nitrogens is 1. The van der Waals surface area contributed by atoms with E-state index < -0.39 is 5.63 Å². The van der Waals surface area contributed by atoms with E-state index in [4.69, 9.17) is 4.42 Å². The fourth-order valence-electron chi connectivity index (χ4n) is 3.78. The Hall–Kier alpha value is -3.35. The van der Waals surface area contributed by atoms with Gasteiger partial charge in [-0.15, -0.1) is 0 Å². The highest BCUT2D eigenvalue weighted by molar-refractivity contribution is 5.95. The van der Waals surface area contributed by atoms with Crippen LogP contribution in [0.3, 0.4) is 0 Å². The molecule has 1 aliphatic heterocycles. The maximum atomic E-state index is 12.8. The summed E-state index contributed by atoms with van der Waals surface area (Å²) in [6.45, 7) is 2.82. The molecule has 0 spiro atoms. The number of carbonyl (C=O) groups excluding carboxylic acids is 2. The third kappa shape index (κ3) is 3.94. The summed E-state index contributed by atoms with van der Waals surface area (Å²) in [4.78, 5) is 41.7. The molecule has 7 heteroatoms. The topological polar surface area (TPSA) is 95.4 Å². The Morgan fingerprint density at radius 1 is 1.17 bits per heavy atom. The van der Waals surface area contributed by atoms with E-state index in [1.54, 1.807) is 13.0 Å². The minimum atomic E-state index is -0.618. The van der Waals surface area contributed by atoms with Crippen LogP contribution in [0.25, 0.3) is 10.9 Å². The number of fused-ring (bicyclic) bond motifs is 1. The molecule has 0 bridgehead atoms. The molecule has 0 aliphatic carbocycles. The van der Waals surface area contributed by atoms with E-state index in [0.717, 1.165) is 22.9 Å². The molecular formula is C22H23N3O4. The lowest BCUT2D eigenvalue weighted by atomic mass is 10.0. The van der Waals surface area contributed by atoms with Crippen LogP contribution < -0.4 is 10.9 Å². The quantitative estimate of drug-likeness (QED) is 0.710. The molecule has 150 valence electrons. The lowest BCUT2D eigenvalue weighted by Gasteiger charge is -2.19. The maximum Gasteiger partial charge on any atom is 0.349 e. The average Bonchev–Trinajstić information content (AvgIpc) is 2.98. The SMILES string of the molecule is Cc1cc(CCc2c[nH]c3ccccc23)oc(=O)c1C(=O)N1CCNC(=O)CC1. The van der Waals surface area contributed by atoms with E-state index >= 15 is 0 Å². The zero-order chi connectivity index (χ0) is 20.4. The van der Waals surface area contributed by atoms with Crippen LogP contribution in [-0.2, 0) is 17.6 Å². The van der Waals surface area contributed by atoms with Crippen LogP contribution in [0.2, 0.25) is 0 Å². The summed E-state index contributed by atoms with van der Waals surface area (Å²) in [5.74, 6) is 0.0923. The van der Waals surface area contributed by atoms with Crippen molar-refractivity contribution >= 4 is 22.7 Å². The van der Waals surface area contributed by atoms with E-state index in [9.17, 15) is 14.4 Å². The molecule has 4 rings (SSSR count). The summed E-state index contributed by atoms with van der Waals surface area (Å²) < 4.78 is 5.47. The summed E-state index contributed by atoms with van der Waals surface area (Å²) in [5, 5.41) is 3.88. The molecule has 1 aromatic carbocycles. The van der Waals surface area contributed by atoms with Crippen molar-refractivity contribution in [2.75, 3.05) is 19.6 Å². The predicted octanol–water partition coefficient (Wildman–Crippen LogP) is 2.18. The van der Waals surface area contributed by atoms with Crippen LogP contribution in [0.5, 0.6) is 0 Å². The Morgan fingerprint density at radius 2 is 2.00 bits per heavy atom. The molecule has 0 radical (unpaired) electrons. The van der Waals surface area contributed by atoms with Gasteiger partial charge in [0.2, 0.25) is 5.91 Å². The molecule has 1 saturated heterocycles. The largest absolute Gasteiger partial charge is 0.427 e. The Labute approximate surface area is 167 Å². The molecule has 0 atom stereocenters. The molecule has 2 aromatic heterocycles. The lowest BCUT2D eigenvalue weighted by molar-refractivity contribution is -0.120. The minimum Gasteiger partial charge on any atom is -0.427 e. The fourth-order valence-corrected chi connectivity index (χ4v) is 3.78. The molecule has 2 N–H and O–H groups in total. The number of hydrogen-bond acceptors (Lipinski definition) is 4. The number of nitrogens with zero attached hydrogens (tertiary/aromatic N) is 1. The van der Waals surface area contributed by atoms with E-state index in [-0.39, 0.29) is 23.8 Å². The zero-order valence-electron chi connectivity index (χ0n) is 16.3. The molecule has 7 nitrogen and oxygen atoms in total. The first-order valence-corrected chi connectivity index (χ1v) is 9.77. The second-order valence-electron chi connectivity index (χ2n) is 7.31. The van der Waals surface area contributed by atoms with Crippen molar-refractivity contribution in [3.05, 3.63) is 69.4 Å². The van der Waals surface area contributed by atoms with Crippen LogP contribution in [0.15, 0.2) is 45.7 Å². The molecular weight excluding hydrogens is 370 g/mol. The number of H-pyrrole nitrogens is 1. The molecule has 0 unspecified atom stereocenters. The van der Waals surface area contributed by atoms with Crippen molar-refractivity contribution < 1.29 is 14.0 Å². The molecule has 3 heterocycles. The number of amides is 2. The Balaban J connectivity index is 1.51. The number of aryl methyl sites for hydroxylation is 3. The fraction of sp³-hybridized carbons (Fsp3) is 0.318. The third-order valence-electron chi connectivity index (χ3n) is 5.33. The summed E-state index contributed by atoms with van der Waals surface area (Å²) >= 11 is 0. The second kappa shape index (κ2) is 7.95. The first-order valence-electron chi connectivity index (χ1n) is 9.77. The number of para-hydroxylation sites is 1. The minimum absolute atomic E-state index is 0.0511. The van der Waals surface area contributed by atoms with Gasteiger partial charge in [0.1, 0.15) is 11.3 Å². The van der Waals surface area contributed by atoms with Crippen molar-refractivity contribution in [1.82, 2.24) is 15.2 Å². The van der Waals surface area contributed by atoms with Gasteiger partial charge >= 0.3 is 5.63 Å². The van der Waals surface area contributed by atoms with E-state index in [0.29, 0.717) is 37.4 Å². The molecule has 1 aliphatic rings. The number of nitrogens with one attached hydrogen (secondary N) is 2. The molecule has 3 aromatic rings. The van der Waals surface area contributed by atoms with Gasteiger partial charge in [-0.2, -0.15) is 0 Å². The van der Waals surface area contributed by atoms with Crippen molar-refractivity contribution in [1.29, 1.82) is 0 Å². The highest BCUT2D eigenvalue weighted by Gasteiger charge is 2.24. The summed E-state index contributed by atoms with van der Waals surface area (Å²) in [6, 6.07) is 9.83. The van der Waals surface area contributed by atoms with Gasteiger partial charge in [0, 0.05) is 49.6 Å². The van der Waals surface area contributed by atoms with Gasteiger partial charge in [0.25, 0.3) is 5.91 Å². The number of aromatic amines is 1. The second-order valence-corrected chi connectivity index (χ2v) is 7.31. The van der Waals surface area contributed by atoms with E-state index in [1.807, 2.05) is 24.4 Å². The van der Waals surface area contributed by atoms with Crippen molar-refractivity contribution in [3.8, 4) is 0 Å². The van der Waals surface area contributed by atoms with Gasteiger partial charge in [-0.3, -0.25) is 9.59 Å². The third-order valence-corrected chi connectivity index (χ3v) is 5.33.